The lowest BCUT2D eigenvalue weighted by molar-refractivity contribution is -0.274. The highest BCUT2D eigenvalue weighted by Crippen LogP contribution is 2.27. The van der Waals surface area contributed by atoms with Gasteiger partial charge in [0.05, 0.1) is 6.42 Å². The molecule has 1 atom stereocenters. The first-order valence-corrected chi connectivity index (χ1v) is 6.68. The van der Waals surface area contributed by atoms with Gasteiger partial charge in [0.25, 0.3) is 0 Å². The van der Waals surface area contributed by atoms with Gasteiger partial charge in [0.15, 0.2) is 0 Å². The quantitative estimate of drug-likeness (QED) is 0.885. The molecule has 24 heavy (non-hydrogen) atoms. The van der Waals surface area contributed by atoms with E-state index < -0.39 is 30.0 Å². The molecule has 2 aromatic rings. The number of hydrogen-bond acceptors (Lipinski definition) is 5. The zero-order valence-corrected chi connectivity index (χ0v) is 11.9. The van der Waals surface area contributed by atoms with Gasteiger partial charge in [-0.2, -0.15) is 10.1 Å². The second-order valence-electron chi connectivity index (χ2n) is 4.86. The summed E-state index contributed by atoms with van der Waals surface area (Å²) in [5, 5.41) is 8.74. The molecule has 0 unspecified atom stereocenters. The summed E-state index contributed by atoms with van der Waals surface area (Å²) in [6.07, 6.45) is -3.82. The summed E-state index contributed by atoms with van der Waals surface area (Å²) in [5.41, 5.74) is 0.0920. The van der Waals surface area contributed by atoms with Gasteiger partial charge in [0.2, 0.25) is 17.8 Å². The van der Waals surface area contributed by atoms with Crippen LogP contribution < -0.4 is 15.4 Å². The number of anilines is 2. The fourth-order valence-corrected chi connectivity index (χ4v) is 2.21. The lowest BCUT2D eigenvalue weighted by Gasteiger charge is -2.22. The van der Waals surface area contributed by atoms with Gasteiger partial charge in [0.1, 0.15) is 18.1 Å². The zero-order chi connectivity index (χ0) is 17.3. The molecule has 0 fully saturated rings. The summed E-state index contributed by atoms with van der Waals surface area (Å²) in [5.74, 6) is -1.37. The van der Waals surface area contributed by atoms with Gasteiger partial charge < -0.3 is 10.1 Å². The summed E-state index contributed by atoms with van der Waals surface area (Å²) < 4.78 is 41.7. The molecular weight excluding hydrogens is 331 g/mol. The smallest absolute Gasteiger partial charge is 0.406 e. The van der Waals surface area contributed by atoms with Gasteiger partial charge in [0, 0.05) is 11.8 Å². The molecule has 1 aromatic carbocycles. The highest BCUT2D eigenvalue weighted by Gasteiger charge is 2.33. The van der Waals surface area contributed by atoms with E-state index >= 15 is 0 Å². The summed E-state index contributed by atoms with van der Waals surface area (Å²) >= 11 is 0. The number of carbonyl (C=O) groups excluding carboxylic acids is 2. The van der Waals surface area contributed by atoms with Crippen molar-refractivity contribution < 1.29 is 27.5 Å². The monoisotopic (exact) mass is 341 g/mol. The number of fused-ring (bicyclic) bond motifs is 1. The Morgan fingerprint density at radius 1 is 1.42 bits per heavy atom. The third kappa shape index (κ3) is 3.45. The number of nitrogens with one attached hydrogen (secondary N) is 2. The number of ether oxygens (including phenoxy) is 1. The van der Waals surface area contributed by atoms with Gasteiger partial charge in [-0.1, -0.05) is 6.07 Å². The van der Waals surface area contributed by atoms with Crippen molar-refractivity contribution in [2.45, 2.75) is 18.8 Å². The fourth-order valence-electron chi connectivity index (χ4n) is 2.21. The van der Waals surface area contributed by atoms with E-state index in [1.54, 1.807) is 0 Å². The Balaban J connectivity index is 1.76. The Hall–Kier alpha value is -3.11. The van der Waals surface area contributed by atoms with Gasteiger partial charge >= 0.3 is 6.36 Å². The lowest BCUT2D eigenvalue weighted by Crippen LogP contribution is -2.36. The molecule has 2 heterocycles. The summed E-state index contributed by atoms with van der Waals surface area (Å²) in [6, 6.07) is 3.86. The van der Waals surface area contributed by atoms with Crippen molar-refractivity contribution in [3.05, 3.63) is 30.6 Å². The van der Waals surface area contributed by atoms with E-state index in [0.717, 1.165) is 12.1 Å². The number of halogens is 3. The van der Waals surface area contributed by atoms with Crippen molar-refractivity contribution in [1.82, 2.24) is 14.8 Å². The average molecular weight is 341 g/mol. The number of carbonyl (C=O) groups is 2. The number of hydrogen-bond donors (Lipinski definition) is 2. The van der Waals surface area contributed by atoms with Crippen LogP contribution in [0, 0.1) is 0 Å². The van der Waals surface area contributed by atoms with Crippen LogP contribution in [0.2, 0.25) is 0 Å². The van der Waals surface area contributed by atoms with E-state index in [0.29, 0.717) is 0 Å². The van der Waals surface area contributed by atoms with Gasteiger partial charge in [-0.05, 0) is 12.1 Å². The van der Waals surface area contributed by atoms with Gasteiger partial charge in [-0.3, -0.25) is 14.9 Å². The molecular formula is C13H10F3N5O3. The third-order valence-electron chi connectivity index (χ3n) is 3.14. The maximum absolute atomic E-state index is 12.3. The minimum Gasteiger partial charge on any atom is -0.406 e. The van der Waals surface area contributed by atoms with Crippen molar-refractivity contribution in [1.29, 1.82) is 0 Å². The molecule has 0 saturated heterocycles. The van der Waals surface area contributed by atoms with Gasteiger partial charge in [-0.25, -0.2) is 4.68 Å². The average Bonchev–Trinajstić information content (AvgIpc) is 2.92. The maximum Gasteiger partial charge on any atom is 0.573 e. The largest absolute Gasteiger partial charge is 0.573 e. The normalized spacial score (nSPS) is 17.0. The number of rotatable bonds is 3. The number of benzene rings is 1. The lowest BCUT2D eigenvalue weighted by atomic mass is 10.1. The molecule has 8 nitrogen and oxygen atoms in total. The molecule has 2 amide bonds. The molecule has 1 aromatic heterocycles. The first-order valence-electron chi connectivity index (χ1n) is 6.68. The van der Waals surface area contributed by atoms with E-state index in [1.165, 1.54) is 23.1 Å². The highest BCUT2D eigenvalue weighted by atomic mass is 19.4. The number of nitrogens with zero attached hydrogens (tertiary/aromatic N) is 3. The van der Waals surface area contributed by atoms with Crippen LogP contribution in [-0.2, 0) is 9.59 Å². The van der Waals surface area contributed by atoms with Crippen molar-refractivity contribution in [2.75, 3.05) is 10.6 Å². The number of aromatic nitrogens is 3. The first kappa shape index (κ1) is 15.8. The zero-order valence-electron chi connectivity index (χ0n) is 11.9. The molecule has 126 valence electrons. The van der Waals surface area contributed by atoms with Crippen molar-refractivity contribution in [3.8, 4) is 5.75 Å². The summed E-state index contributed by atoms with van der Waals surface area (Å²) in [4.78, 5) is 27.7. The van der Waals surface area contributed by atoms with Crippen molar-refractivity contribution >= 4 is 23.5 Å². The second-order valence-corrected chi connectivity index (χ2v) is 4.86. The predicted molar refractivity (Wildman–Crippen MR) is 74.1 cm³/mol. The van der Waals surface area contributed by atoms with E-state index in [1.807, 2.05) is 0 Å². The Morgan fingerprint density at radius 3 is 2.96 bits per heavy atom. The van der Waals surface area contributed by atoms with Crippen molar-refractivity contribution in [3.63, 3.8) is 0 Å². The topological polar surface area (TPSA) is 98.1 Å². The van der Waals surface area contributed by atoms with Crippen LogP contribution in [-0.4, -0.2) is 32.9 Å². The molecule has 0 radical (unpaired) electrons. The SMILES string of the molecule is O=C1C[C@H](C(=O)Nc2cccc(OC(F)(F)F)c2)n2ncnc2N1. The molecule has 0 saturated carbocycles. The van der Waals surface area contributed by atoms with Crippen LogP contribution in [0.1, 0.15) is 12.5 Å². The van der Waals surface area contributed by atoms with E-state index in [-0.39, 0.29) is 18.1 Å². The highest BCUT2D eigenvalue weighted by molar-refractivity contribution is 6.00. The Bertz CT molecular complexity index is 789. The van der Waals surface area contributed by atoms with Crippen LogP contribution in [0.3, 0.4) is 0 Å². The molecule has 0 spiro atoms. The fraction of sp³-hybridized carbons (Fsp3) is 0.231. The molecule has 2 N–H and O–H groups in total. The molecule has 1 aliphatic rings. The molecule has 0 bridgehead atoms. The van der Waals surface area contributed by atoms with Crippen LogP contribution in [0.5, 0.6) is 5.75 Å². The van der Waals surface area contributed by atoms with Crippen LogP contribution in [0.25, 0.3) is 0 Å². The van der Waals surface area contributed by atoms with Crippen LogP contribution in [0.4, 0.5) is 24.8 Å². The minimum atomic E-state index is -4.83. The van der Waals surface area contributed by atoms with Gasteiger partial charge in [-0.15, -0.1) is 13.2 Å². The van der Waals surface area contributed by atoms with Crippen LogP contribution in [0.15, 0.2) is 30.6 Å². The predicted octanol–water partition coefficient (Wildman–Crippen LogP) is 1.70. The first-order chi connectivity index (χ1) is 11.3. The Kier molecular flexibility index (Phi) is 3.83. The van der Waals surface area contributed by atoms with E-state index in [2.05, 4.69) is 25.5 Å². The standard InChI is InChI=1S/C13H10F3N5O3/c14-13(15,16)24-8-3-1-2-7(4-8)19-11(23)9-5-10(22)20-12-17-6-18-21(9)12/h1-4,6,9H,5H2,(H,19,23)(H,17,18,20,22)/t9-/m1/s1. The molecule has 1 aliphatic heterocycles. The third-order valence-corrected chi connectivity index (χ3v) is 3.14. The summed E-state index contributed by atoms with van der Waals surface area (Å²) in [7, 11) is 0. The molecule has 0 aliphatic carbocycles. The number of amides is 2. The van der Waals surface area contributed by atoms with E-state index in [4.69, 9.17) is 0 Å². The maximum atomic E-state index is 12.3. The summed E-state index contributed by atoms with van der Waals surface area (Å²) in [6.45, 7) is 0. The molecule has 3 rings (SSSR count). The Labute approximate surface area is 132 Å². The van der Waals surface area contributed by atoms with E-state index in [9.17, 15) is 22.8 Å². The van der Waals surface area contributed by atoms with Crippen LogP contribution >= 0.6 is 0 Å². The number of alkyl halides is 3. The molecule has 11 heteroatoms. The van der Waals surface area contributed by atoms with Crippen molar-refractivity contribution in [2.24, 2.45) is 0 Å². The second kappa shape index (κ2) is 5.83. The minimum absolute atomic E-state index is 0.0920. The Morgan fingerprint density at radius 2 is 2.21 bits per heavy atom.